The van der Waals surface area contributed by atoms with Gasteiger partial charge in [0.2, 0.25) is 5.91 Å². The lowest BCUT2D eigenvalue weighted by molar-refractivity contribution is -0.918. The number of hydrogen-bond acceptors (Lipinski definition) is 4. The van der Waals surface area contributed by atoms with Gasteiger partial charge < -0.3 is 15.0 Å². The smallest absolute Gasteiger partial charge is 0.261 e. The lowest BCUT2D eigenvalue weighted by Crippen LogP contribution is -3.11. The van der Waals surface area contributed by atoms with Crippen molar-refractivity contribution in [3.05, 3.63) is 70.8 Å². The molecule has 0 saturated carbocycles. The van der Waals surface area contributed by atoms with Gasteiger partial charge in [-0.25, -0.2) is 4.98 Å². The predicted octanol–water partition coefficient (Wildman–Crippen LogP) is 0.941. The molecule has 1 saturated heterocycles. The van der Waals surface area contributed by atoms with Gasteiger partial charge in [0.25, 0.3) is 5.56 Å². The number of rotatable bonds is 7. The summed E-state index contributed by atoms with van der Waals surface area (Å²) in [5.41, 5.74) is 1.52. The Hall–Kier alpha value is -3.19. The van der Waals surface area contributed by atoms with E-state index >= 15 is 0 Å². The Labute approximate surface area is 175 Å². The highest BCUT2D eigenvalue weighted by atomic mass is 16.5. The van der Waals surface area contributed by atoms with Gasteiger partial charge in [-0.2, -0.15) is 0 Å². The summed E-state index contributed by atoms with van der Waals surface area (Å²) in [5, 5.41) is 3.55. The molecule has 4 rings (SSSR count). The minimum atomic E-state index is -0.206. The maximum Gasteiger partial charge on any atom is 0.261 e. The number of amides is 1. The molecule has 1 amide bonds. The fourth-order valence-corrected chi connectivity index (χ4v) is 4.25. The third-order valence-corrected chi connectivity index (χ3v) is 5.80. The second-order valence-electron chi connectivity index (χ2n) is 7.66. The maximum atomic E-state index is 12.7. The van der Waals surface area contributed by atoms with E-state index in [0.29, 0.717) is 17.4 Å². The molecule has 7 nitrogen and oxygen atoms in total. The van der Waals surface area contributed by atoms with Crippen LogP contribution in [-0.4, -0.2) is 42.2 Å². The Kier molecular flexibility index (Phi) is 6.09. The molecule has 2 N–H and O–H groups in total. The lowest BCUT2D eigenvalue weighted by atomic mass is 10.0. The van der Waals surface area contributed by atoms with E-state index in [9.17, 15) is 9.59 Å². The molecule has 1 atom stereocenters. The van der Waals surface area contributed by atoms with Gasteiger partial charge in [-0.05, 0) is 24.3 Å². The van der Waals surface area contributed by atoms with Gasteiger partial charge in [-0.3, -0.25) is 14.2 Å². The van der Waals surface area contributed by atoms with Gasteiger partial charge in [-0.1, -0.05) is 24.3 Å². The zero-order valence-electron chi connectivity index (χ0n) is 17.1. The number of hydrogen-bond donors (Lipinski definition) is 2. The summed E-state index contributed by atoms with van der Waals surface area (Å²) in [5.74, 6) is 0.638. The van der Waals surface area contributed by atoms with Gasteiger partial charge in [-0.15, -0.1) is 0 Å². The molecule has 0 aliphatic carbocycles. The average Bonchev–Trinajstić information content (AvgIpc) is 3.31. The number of aromatic nitrogens is 2. The number of fused-ring (bicyclic) bond motifs is 1. The first kappa shape index (κ1) is 20.1. The van der Waals surface area contributed by atoms with Crippen molar-refractivity contribution in [3.63, 3.8) is 0 Å². The van der Waals surface area contributed by atoms with Crippen LogP contribution in [0.1, 0.15) is 24.4 Å². The van der Waals surface area contributed by atoms with Crippen molar-refractivity contribution in [2.24, 2.45) is 0 Å². The van der Waals surface area contributed by atoms with Crippen LogP contribution in [0.3, 0.4) is 0 Å². The molecule has 1 aliphatic heterocycles. The molecule has 156 valence electrons. The summed E-state index contributed by atoms with van der Waals surface area (Å²) in [7, 11) is 1.67. The van der Waals surface area contributed by atoms with Crippen molar-refractivity contribution >= 4 is 16.8 Å². The number of likely N-dealkylation sites (tertiary alicyclic amines) is 1. The first-order valence-corrected chi connectivity index (χ1v) is 10.4. The Balaban J connectivity index is 1.49. The number of nitrogens with zero attached hydrogens (tertiary/aromatic N) is 2. The van der Waals surface area contributed by atoms with Crippen LogP contribution in [0.2, 0.25) is 0 Å². The molecule has 1 aromatic heterocycles. The normalized spacial score (nSPS) is 15.2. The second kappa shape index (κ2) is 9.09. The third-order valence-electron chi connectivity index (χ3n) is 5.80. The number of para-hydroxylation sites is 2. The van der Waals surface area contributed by atoms with Crippen LogP contribution in [0.5, 0.6) is 5.75 Å². The van der Waals surface area contributed by atoms with Gasteiger partial charge >= 0.3 is 0 Å². The summed E-state index contributed by atoms with van der Waals surface area (Å²) in [6.07, 6.45) is 3.81. The van der Waals surface area contributed by atoms with Crippen molar-refractivity contribution < 1.29 is 14.4 Å². The van der Waals surface area contributed by atoms with Crippen molar-refractivity contribution in [2.45, 2.75) is 25.4 Å². The average molecular weight is 407 g/mol. The van der Waals surface area contributed by atoms with E-state index < -0.39 is 0 Å². The maximum absolute atomic E-state index is 12.7. The Morgan fingerprint density at radius 2 is 1.90 bits per heavy atom. The third kappa shape index (κ3) is 4.21. The Bertz CT molecular complexity index is 1090. The predicted molar refractivity (Wildman–Crippen MR) is 115 cm³/mol. The number of methoxy groups -OCH3 is 1. The van der Waals surface area contributed by atoms with E-state index in [1.165, 1.54) is 28.6 Å². The van der Waals surface area contributed by atoms with Crippen molar-refractivity contribution in [1.82, 2.24) is 14.9 Å². The van der Waals surface area contributed by atoms with E-state index in [1.807, 2.05) is 24.3 Å². The van der Waals surface area contributed by atoms with Gasteiger partial charge in [0.1, 0.15) is 18.3 Å². The molecule has 2 aromatic carbocycles. The molecular weight excluding hydrogens is 380 g/mol. The van der Waals surface area contributed by atoms with E-state index in [-0.39, 0.29) is 24.1 Å². The first-order valence-electron chi connectivity index (χ1n) is 10.4. The Morgan fingerprint density at radius 3 is 2.70 bits per heavy atom. The van der Waals surface area contributed by atoms with Crippen LogP contribution in [0.4, 0.5) is 0 Å². The number of benzene rings is 2. The molecule has 1 aliphatic rings. The fraction of sp³-hybridized carbons (Fsp3) is 0.348. The molecule has 30 heavy (non-hydrogen) atoms. The van der Waals surface area contributed by atoms with E-state index in [4.69, 9.17) is 4.74 Å². The highest BCUT2D eigenvalue weighted by Crippen LogP contribution is 2.23. The number of carbonyl (C=O) groups excluding carboxylic acids is 1. The molecule has 7 heteroatoms. The topological polar surface area (TPSA) is 77.7 Å². The summed E-state index contributed by atoms with van der Waals surface area (Å²) >= 11 is 0. The first-order chi connectivity index (χ1) is 14.7. The number of nitrogens with one attached hydrogen (secondary N) is 2. The van der Waals surface area contributed by atoms with Crippen LogP contribution in [0.25, 0.3) is 10.9 Å². The largest absolute Gasteiger partial charge is 0.496 e. The van der Waals surface area contributed by atoms with E-state index in [1.54, 1.807) is 25.3 Å². The monoisotopic (exact) mass is 407 g/mol. The molecule has 0 unspecified atom stereocenters. The summed E-state index contributed by atoms with van der Waals surface area (Å²) in [6, 6.07) is 15.2. The molecule has 0 bridgehead atoms. The molecule has 1 fully saturated rings. The van der Waals surface area contributed by atoms with E-state index in [2.05, 4.69) is 16.4 Å². The van der Waals surface area contributed by atoms with Crippen LogP contribution < -0.4 is 20.5 Å². The highest BCUT2D eigenvalue weighted by molar-refractivity contribution is 5.78. The number of ether oxygens (including phenoxy) is 1. The van der Waals surface area contributed by atoms with E-state index in [0.717, 1.165) is 24.4 Å². The quantitative estimate of drug-likeness (QED) is 0.611. The Morgan fingerprint density at radius 1 is 1.17 bits per heavy atom. The molecule has 2 heterocycles. The lowest BCUT2D eigenvalue weighted by Gasteiger charge is -2.26. The fourth-order valence-electron chi connectivity index (χ4n) is 4.25. The van der Waals surface area contributed by atoms with Crippen molar-refractivity contribution in [3.8, 4) is 5.75 Å². The van der Waals surface area contributed by atoms with Crippen LogP contribution in [0, 0.1) is 0 Å². The van der Waals surface area contributed by atoms with Crippen LogP contribution in [-0.2, 0) is 11.3 Å². The van der Waals surface area contributed by atoms with Crippen LogP contribution in [0.15, 0.2) is 59.7 Å². The van der Waals surface area contributed by atoms with Crippen molar-refractivity contribution in [1.29, 1.82) is 0 Å². The summed E-state index contributed by atoms with van der Waals surface area (Å²) in [6.45, 7) is 2.59. The van der Waals surface area contributed by atoms with Gasteiger partial charge in [0.15, 0.2) is 0 Å². The molecular formula is C23H27N4O3+. The van der Waals surface area contributed by atoms with Gasteiger partial charge in [0, 0.05) is 12.8 Å². The minimum absolute atomic E-state index is 0.0509. The van der Waals surface area contributed by atoms with Gasteiger partial charge in [0.05, 0.1) is 49.5 Å². The van der Waals surface area contributed by atoms with Crippen LogP contribution >= 0.6 is 0 Å². The molecule has 3 aromatic rings. The minimum Gasteiger partial charge on any atom is -0.496 e. The zero-order valence-corrected chi connectivity index (χ0v) is 17.1. The second-order valence-corrected chi connectivity index (χ2v) is 7.66. The molecule has 0 radical (unpaired) electrons. The summed E-state index contributed by atoms with van der Waals surface area (Å²) in [4.78, 5) is 31.0. The SMILES string of the molecule is COc1ccccc1[C@@H](CNC(=O)Cn1cnc2ccccc2c1=O)[NH+]1CCCC1. The summed E-state index contributed by atoms with van der Waals surface area (Å²) < 4.78 is 6.92. The number of quaternary nitrogens is 1. The zero-order chi connectivity index (χ0) is 20.9. The highest BCUT2D eigenvalue weighted by Gasteiger charge is 2.30. The molecule has 0 spiro atoms. The number of carbonyl (C=O) groups is 1. The van der Waals surface area contributed by atoms with Crippen molar-refractivity contribution in [2.75, 3.05) is 26.7 Å². The standard InChI is InChI=1S/C23H26N4O3/c1-30-21-11-5-3-9-18(21)20(26-12-6-7-13-26)14-24-22(28)15-27-16-25-19-10-4-2-8-17(19)23(27)29/h2-5,8-11,16,20H,6-7,12-15H2,1H3,(H,24,28)/p+1/t20-/m1/s1.